The van der Waals surface area contributed by atoms with Gasteiger partial charge in [0.25, 0.3) is 0 Å². The van der Waals surface area contributed by atoms with Crippen molar-refractivity contribution < 1.29 is 9.84 Å². The Labute approximate surface area is 152 Å². The molecule has 0 aromatic heterocycles. The molecule has 0 radical (unpaired) electrons. The van der Waals surface area contributed by atoms with Gasteiger partial charge in [-0.15, -0.1) is 0 Å². The molecule has 1 spiro atoms. The minimum Gasteiger partial charge on any atom is -0.508 e. The Bertz CT molecular complexity index is 817. The number of ether oxygens (including phenoxy) is 1. The van der Waals surface area contributed by atoms with Crippen molar-refractivity contribution in [2.45, 2.75) is 24.9 Å². The van der Waals surface area contributed by atoms with Crippen LogP contribution in [0.15, 0.2) is 53.5 Å². The topological polar surface area (TPSA) is 95.1 Å². The summed E-state index contributed by atoms with van der Waals surface area (Å²) in [5.74, 6) is 7.59. The molecule has 4 rings (SSSR count). The van der Waals surface area contributed by atoms with Gasteiger partial charge >= 0.3 is 0 Å². The molecule has 0 amide bonds. The van der Waals surface area contributed by atoms with E-state index in [1.165, 1.54) is 0 Å². The fraction of sp³-hybridized carbons (Fsp3) is 0.316. The molecule has 1 saturated heterocycles. The molecular formula is C19H23N5O2. The lowest BCUT2D eigenvalue weighted by Gasteiger charge is -2.47. The Balaban J connectivity index is 1.58. The van der Waals surface area contributed by atoms with Gasteiger partial charge in [0, 0.05) is 32.6 Å². The van der Waals surface area contributed by atoms with Crippen LogP contribution in [0.25, 0.3) is 0 Å². The van der Waals surface area contributed by atoms with Gasteiger partial charge in [-0.05, 0) is 29.8 Å². The number of rotatable bonds is 3. The number of hydrogen-bond donors (Lipinski definition) is 4. The molecule has 0 bridgehead atoms. The van der Waals surface area contributed by atoms with Crippen molar-refractivity contribution in [1.29, 1.82) is 0 Å². The second-order valence-corrected chi connectivity index (χ2v) is 6.61. The smallest absolute Gasteiger partial charge is 0.144 e. The first-order valence-corrected chi connectivity index (χ1v) is 8.77. The molecule has 2 aliphatic rings. The number of amidine groups is 1. The van der Waals surface area contributed by atoms with Gasteiger partial charge in [0.15, 0.2) is 0 Å². The summed E-state index contributed by atoms with van der Waals surface area (Å²) < 4.78 is 5.56. The van der Waals surface area contributed by atoms with E-state index in [4.69, 9.17) is 15.6 Å². The predicted octanol–water partition coefficient (Wildman–Crippen LogP) is 1.96. The fourth-order valence-corrected chi connectivity index (χ4v) is 3.56. The third-order valence-electron chi connectivity index (χ3n) is 5.01. The van der Waals surface area contributed by atoms with Crippen LogP contribution in [-0.4, -0.2) is 29.7 Å². The molecule has 2 aromatic carbocycles. The van der Waals surface area contributed by atoms with Gasteiger partial charge in [0.2, 0.25) is 0 Å². The van der Waals surface area contributed by atoms with E-state index >= 15 is 0 Å². The molecule has 0 atom stereocenters. The van der Waals surface area contributed by atoms with E-state index in [-0.39, 0.29) is 5.75 Å². The van der Waals surface area contributed by atoms with Crippen LogP contribution in [0.4, 0.5) is 11.4 Å². The second-order valence-electron chi connectivity index (χ2n) is 6.61. The van der Waals surface area contributed by atoms with Gasteiger partial charge < -0.3 is 15.3 Å². The third kappa shape index (κ3) is 3.01. The first-order valence-electron chi connectivity index (χ1n) is 8.77. The second kappa shape index (κ2) is 6.95. The van der Waals surface area contributed by atoms with Gasteiger partial charge in [-0.1, -0.05) is 24.3 Å². The Morgan fingerprint density at radius 3 is 2.77 bits per heavy atom. The van der Waals surface area contributed by atoms with Crippen molar-refractivity contribution in [1.82, 2.24) is 10.9 Å². The van der Waals surface area contributed by atoms with Crippen LogP contribution in [0.2, 0.25) is 0 Å². The van der Waals surface area contributed by atoms with Gasteiger partial charge in [-0.2, -0.15) is 0 Å². The van der Waals surface area contributed by atoms with Crippen LogP contribution < -0.4 is 21.7 Å². The molecule has 2 aromatic rings. The zero-order valence-electron chi connectivity index (χ0n) is 14.5. The summed E-state index contributed by atoms with van der Waals surface area (Å²) in [7, 11) is 0. The molecular weight excluding hydrogens is 330 g/mol. The maximum atomic E-state index is 9.59. The highest BCUT2D eigenvalue weighted by atomic mass is 16.5. The maximum absolute atomic E-state index is 9.59. The number of nitrogens with zero attached hydrogens (tertiary/aromatic N) is 2. The Kier molecular flexibility index (Phi) is 4.50. The molecule has 136 valence electrons. The Morgan fingerprint density at radius 2 is 1.96 bits per heavy atom. The summed E-state index contributed by atoms with van der Waals surface area (Å²) in [6, 6.07) is 15.0. The molecule has 0 saturated carbocycles. The fourth-order valence-electron chi connectivity index (χ4n) is 3.56. The lowest BCUT2D eigenvalue weighted by molar-refractivity contribution is 0.0686. The average Bonchev–Trinajstić information content (AvgIpc) is 2.67. The van der Waals surface area contributed by atoms with Crippen molar-refractivity contribution in [3.8, 4) is 5.75 Å². The van der Waals surface area contributed by atoms with E-state index in [0.717, 1.165) is 35.6 Å². The van der Waals surface area contributed by atoms with Gasteiger partial charge in [-0.3, -0.25) is 5.01 Å². The van der Waals surface area contributed by atoms with Crippen LogP contribution in [0.1, 0.15) is 18.4 Å². The molecule has 26 heavy (non-hydrogen) atoms. The largest absolute Gasteiger partial charge is 0.508 e. The van der Waals surface area contributed by atoms with Crippen molar-refractivity contribution in [2.75, 3.05) is 18.2 Å². The number of aromatic hydroxyl groups is 1. The number of nitrogens with one attached hydrogen (secondary N) is 2. The van der Waals surface area contributed by atoms with Crippen molar-refractivity contribution in [3.05, 3.63) is 54.1 Å². The number of para-hydroxylation sites is 2. The normalized spacial score (nSPS) is 18.3. The Morgan fingerprint density at radius 1 is 1.15 bits per heavy atom. The van der Waals surface area contributed by atoms with E-state index in [9.17, 15) is 5.11 Å². The molecule has 7 nitrogen and oxygen atoms in total. The van der Waals surface area contributed by atoms with Crippen molar-refractivity contribution >= 4 is 17.2 Å². The van der Waals surface area contributed by atoms with E-state index < -0.39 is 5.54 Å². The molecule has 0 aliphatic carbocycles. The van der Waals surface area contributed by atoms with Crippen LogP contribution in [0.5, 0.6) is 5.75 Å². The van der Waals surface area contributed by atoms with Crippen LogP contribution in [0, 0.1) is 0 Å². The van der Waals surface area contributed by atoms with E-state index in [0.29, 0.717) is 19.8 Å². The van der Waals surface area contributed by atoms with Crippen LogP contribution >= 0.6 is 0 Å². The number of hydrazine groups is 2. The van der Waals surface area contributed by atoms with E-state index in [2.05, 4.69) is 10.9 Å². The third-order valence-corrected chi connectivity index (χ3v) is 5.01. The molecule has 1 fully saturated rings. The van der Waals surface area contributed by atoms with Gasteiger partial charge in [-0.25, -0.2) is 16.3 Å². The number of aliphatic imine (C=N–C) groups is 1. The quantitative estimate of drug-likeness (QED) is 0.498. The molecule has 0 unspecified atom stereocenters. The SMILES string of the molecule is NN1c2ccccc2N=C(NNCc2cccc(O)c2)C12CCOCC2. The van der Waals surface area contributed by atoms with Gasteiger partial charge in [0.05, 0.1) is 11.4 Å². The number of nitrogens with two attached hydrogens (primary N) is 1. The molecule has 2 heterocycles. The number of fused-ring (bicyclic) bond motifs is 1. The molecule has 7 heteroatoms. The summed E-state index contributed by atoms with van der Waals surface area (Å²) in [6.07, 6.45) is 1.52. The number of phenolic OH excluding ortho intramolecular Hbond substituents is 1. The molecule has 2 aliphatic heterocycles. The van der Waals surface area contributed by atoms with Crippen molar-refractivity contribution in [2.24, 2.45) is 10.8 Å². The number of anilines is 1. The van der Waals surface area contributed by atoms with Crippen LogP contribution in [-0.2, 0) is 11.3 Å². The van der Waals surface area contributed by atoms with Crippen molar-refractivity contribution in [3.63, 3.8) is 0 Å². The Hall–Kier alpha value is -2.61. The highest BCUT2D eigenvalue weighted by molar-refractivity contribution is 6.00. The zero-order valence-corrected chi connectivity index (χ0v) is 14.5. The first kappa shape index (κ1) is 16.8. The van der Waals surface area contributed by atoms with Gasteiger partial charge in [0.1, 0.15) is 17.1 Å². The zero-order chi connectivity index (χ0) is 18.0. The monoisotopic (exact) mass is 353 g/mol. The number of phenols is 1. The summed E-state index contributed by atoms with van der Waals surface area (Å²) >= 11 is 0. The minimum absolute atomic E-state index is 0.252. The van der Waals surface area contributed by atoms with E-state index in [1.54, 1.807) is 12.1 Å². The lowest BCUT2D eigenvalue weighted by Crippen LogP contribution is -2.66. The summed E-state index contributed by atoms with van der Waals surface area (Å²) in [5.41, 5.74) is 8.79. The lowest BCUT2D eigenvalue weighted by atomic mass is 9.86. The highest BCUT2D eigenvalue weighted by Crippen LogP contribution is 2.40. The summed E-state index contributed by atoms with van der Waals surface area (Å²) in [4.78, 5) is 4.84. The summed E-state index contributed by atoms with van der Waals surface area (Å²) in [6.45, 7) is 1.83. The first-order chi connectivity index (χ1) is 12.7. The van der Waals surface area contributed by atoms with E-state index in [1.807, 2.05) is 41.4 Å². The predicted molar refractivity (Wildman–Crippen MR) is 101 cm³/mol. The minimum atomic E-state index is -0.418. The van der Waals surface area contributed by atoms with Crippen LogP contribution in [0.3, 0.4) is 0 Å². The standard InChI is InChI=1S/C19H23N5O2/c20-24-17-7-2-1-6-16(17)22-18(19(24)8-10-26-11-9-19)23-21-13-14-4-3-5-15(25)12-14/h1-7,12,21,25H,8-11,13,20H2,(H,22,23). The highest BCUT2D eigenvalue weighted by Gasteiger charge is 2.45. The maximum Gasteiger partial charge on any atom is 0.144 e. The number of benzene rings is 2. The molecule has 5 N–H and O–H groups in total. The number of hydrogen-bond acceptors (Lipinski definition) is 7. The summed E-state index contributed by atoms with van der Waals surface area (Å²) in [5, 5.41) is 11.4. The average molecular weight is 353 g/mol.